The zero-order chi connectivity index (χ0) is 18.3. The smallest absolute Gasteiger partial charge is 0.336 e. The topological polar surface area (TPSA) is 62.5 Å². The summed E-state index contributed by atoms with van der Waals surface area (Å²) in [7, 11) is 0. The van der Waals surface area contributed by atoms with E-state index in [-0.39, 0.29) is 12.2 Å². The minimum absolute atomic E-state index is 0.0293. The molecule has 1 heterocycles. The highest BCUT2D eigenvalue weighted by atomic mass is 16.4. The molecule has 0 fully saturated rings. The second-order valence-corrected chi connectivity index (χ2v) is 7.23. The predicted molar refractivity (Wildman–Crippen MR) is 102 cm³/mol. The van der Waals surface area contributed by atoms with Gasteiger partial charge < -0.3 is 14.8 Å². The number of fused-ring (bicyclic) bond motifs is 2. The molecule has 3 aromatic rings. The number of nitrogens with one attached hydrogen (secondary N) is 1. The first-order chi connectivity index (χ1) is 12.5. The third-order valence-electron chi connectivity index (χ3n) is 5.76. The number of hydrogen-bond acceptors (Lipinski definition) is 4. The second kappa shape index (κ2) is 6.38. The Kier molecular flexibility index (Phi) is 4.17. The van der Waals surface area contributed by atoms with Gasteiger partial charge in [0.25, 0.3) is 0 Å². The molecule has 1 unspecified atom stereocenters. The Balaban J connectivity index is 1.73. The highest BCUT2D eigenvalue weighted by Crippen LogP contribution is 2.37. The molecule has 0 spiro atoms. The largest absolute Gasteiger partial charge is 0.422 e. The maximum Gasteiger partial charge on any atom is 0.336 e. The molecule has 1 atom stereocenters. The van der Waals surface area contributed by atoms with Crippen molar-refractivity contribution in [1.82, 2.24) is 5.32 Å². The minimum Gasteiger partial charge on any atom is -0.422 e. The fourth-order valence-electron chi connectivity index (χ4n) is 4.03. The van der Waals surface area contributed by atoms with Crippen molar-refractivity contribution in [1.29, 1.82) is 0 Å². The van der Waals surface area contributed by atoms with E-state index in [4.69, 9.17) is 4.42 Å². The molecular formula is C22H23NO3. The van der Waals surface area contributed by atoms with Crippen LogP contribution in [0.15, 0.2) is 51.7 Å². The molecule has 4 heteroatoms. The van der Waals surface area contributed by atoms with Gasteiger partial charge in [-0.2, -0.15) is 0 Å². The monoisotopic (exact) mass is 349 g/mol. The minimum atomic E-state index is -0.460. The first-order valence-corrected chi connectivity index (χ1v) is 9.01. The van der Waals surface area contributed by atoms with Gasteiger partial charge in [-0.25, -0.2) is 4.79 Å². The summed E-state index contributed by atoms with van der Waals surface area (Å²) in [5.41, 5.74) is 5.27. The number of aryl methyl sites for hydroxylation is 3. The first-order valence-electron chi connectivity index (χ1n) is 9.01. The molecule has 0 radical (unpaired) electrons. The summed E-state index contributed by atoms with van der Waals surface area (Å²) in [6.45, 7) is 4.51. The van der Waals surface area contributed by atoms with Crippen LogP contribution in [0.1, 0.15) is 34.2 Å². The van der Waals surface area contributed by atoms with Gasteiger partial charge in [0.2, 0.25) is 0 Å². The Bertz CT molecular complexity index is 1040. The van der Waals surface area contributed by atoms with Crippen molar-refractivity contribution < 1.29 is 9.52 Å². The van der Waals surface area contributed by atoms with Crippen molar-refractivity contribution in [3.05, 3.63) is 80.7 Å². The van der Waals surface area contributed by atoms with E-state index in [1.165, 1.54) is 5.56 Å². The van der Waals surface area contributed by atoms with Gasteiger partial charge in [-0.15, -0.1) is 0 Å². The molecular weight excluding hydrogens is 326 g/mol. The summed E-state index contributed by atoms with van der Waals surface area (Å²) in [4.78, 5) is 12.1. The zero-order valence-corrected chi connectivity index (χ0v) is 15.1. The Labute approximate surface area is 152 Å². The lowest BCUT2D eigenvalue weighted by atomic mass is 9.92. The fourth-order valence-corrected chi connectivity index (χ4v) is 4.03. The normalized spacial score (nSPS) is 19.0. The van der Waals surface area contributed by atoms with Crippen molar-refractivity contribution in [2.45, 2.75) is 38.8 Å². The molecule has 2 N–H and O–H groups in total. The number of aliphatic hydroxyl groups is 1. The van der Waals surface area contributed by atoms with Crippen LogP contribution in [-0.4, -0.2) is 11.7 Å². The highest BCUT2D eigenvalue weighted by Gasteiger charge is 2.37. The van der Waals surface area contributed by atoms with Crippen molar-refractivity contribution >= 4 is 11.0 Å². The summed E-state index contributed by atoms with van der Waals surface area (Å²) in [5.74, 6) is 0. The van der Waals surface area contributed by atoms with Crippen LogP contribution in [0, 0.1) is 13.8 Å². The van der Waals surface area contributed by atoms with Gasteiger partial charge in [-0.05, 0) is 54.5 Å². The summed E-state index contributed by atoms with van der Waals surface area (Å²) in [6.07, 6.45) is 1.79. The number of benzene rings is 2. The van der Waals surface area contributed by atoms with Gasteiger partial charge in [-0.1, -0.05) is 36.4 Å². The van der Waals surface area contributed by atoms with Crippen LogP contribution < -0.4 is 10.9 Å². The van der Waals surface area contributed by atoms with Crippen LogP contribution in [-0.2, 0) is 18.5 Å². The molecule has 2 aromatic carbocycles. The van der Waals surface area contributed by atoms with Crippen LogP contribution in [0.3, 0.4) is 0 Å². The average Bonchev–Trinajstić information content (AvgIpc) is 3.02. The second-order valence-electron chi connectivity index (χ2n) is 7.23. The summed E-state index contributed by atoms with van der Waals surface area (Å²) < 4.78 is 5.46. The molecule has 1 aliphatic rings. The number of hydrogen-bond donors (Lipinski definition) is 2. The van der Waals surface area contributed by atoms with Gasteiger partial charge >= 0.3 is 5.63 Å². The molecule has 4 nitrogen and oxygen atoms in total. The van der Waals surface area contributed by atoms with Gasteiger partial charge in [0, 0.05) is 18.0 Å². The Hall–Kier alpha value is -2.43. The zero-order valence-electron chi connectivity index (χ0n) is 15.1. The van der Waals surface area contributed by atoms with Gasteiger partial charge in [0.05, 0.1) is 12.1 Å². The summed E-state index contributed by atoms with van der Waals surface area (Å²) in [5, 5.41) is 14.6. The number of rotatable bonds is 4. The summed E-state index contributed by atoms with van der Waals surface area (Å²) >= 11 is 0. The van der Waals surface area contributed by atoms with Crippen LogP contribution in [0.2, 0.25) is 0 Å². The van der Waals surface area contributed by atoms with E-state index in [9.17, 15) is 9.90 Å². The lowest BCUT2D eigenvalue weighted by Gasteiger charge is -2.30. The number of aliphatic hydroxyl groups excluding tert-OH is 1. The van der Waals surface area contributed by atoms with E-state index >= 15 is 0 Å². The summed E-state index contributed by atoms with van der Waals surface area (Å²) in [6, 6.07) is 13.8. The lowest BCUT2D eigenvalue weighted by molar-refractivity contribution is 0.159. The van der Waals surface area contributed by atoms with Crippen molar-refractivity contribution in [3.63, 3.8) is 0 Å². The first kappa shape index (κ1) is 17.0. The van der Waals surface area contributed by atoms with Crippen molar-refractivity contribution in [2.24, 2.45) is 0 Å². The van der Waals surface area contributed by atoms with E-state index in [0.717, 1.165) is 40.5 Å². The highest BCUT2D eigenvalue weighted by molar-refractivity contribution is 5.83. The molecule has 0 bridgehead atoms. The Morgan fingerprint density at radius 3 is 2.81 bits per heavy atom. The molecule has 4 rings (SSSR count). The third kappa shape index (κ3) is 2.66. The van der Waals surface area contributed by atoms with E-state index < -0.39 is 5.54 Å². The Morgan fingerprint density at radius 1 is 1.19 bits per heavy atom. The molecule has 26 heavy (non-hydrogen) atoms. The van der Waals surface area contributed by atoms with E-state index in [1.807, 2.05) is 38.1 Å². The standard InChI is InChI=1S/C22H23NO3/c1-14-7-8-18-17(11-20(25)26-21(18)15(14)2)12-23-22(13-24)10-9-16-5-3-4-6-19(16)22/h3-8,11,23-24H,9-10,12-13H2,1-2H3. The van der Waals surface area contributed by atoms with Gasteiger partial charge in [0.1, 0.15) is 5.58 Å². The van der Waals surface area contributed by atoms with Crippen molar-refractivity contribution in [3.8, 4) is 0 Å². The van der Waals surface area contributed by atoms with Crippen LogP contribution in [0.5, 0.6) is 0 Å². The molecule has 0 saturated heterocycles. The molecule has 134 valence electrons. The molecule has 1 aromatic heterocycles. The molecule has 0 amide bonds. The fraction of sp³-hybridized carbons (Fsp3) is 0.318. The molecule has 0 aliphatic heterocycles. The van der Waals surface area contributed by atoms with Gasteiger partial charge in [0.15, 0.2) is 0 Å². The van der Waals surface area contributed by atoms with E-state index in [1.54, 1.807) is 6.07 Å². The molecule has 1 aliphatic carbocycles. The molecule has 0 saturated carbocycles. The Morgan fingerprint density at radius 2 is 2.00 bits per heavy atom. The SMILES string of the molecule is Cc1ccc2c(CNC3(CO)CCc4ccccc43)cc(=O)oc2c1C. The third-order valence-corrected chi connectivity index (χ3v) is 5.76. The van der Waals surface area contributed by atoms with Crippen LogP contribution in [0.25, 0.3) is 11.0 Å². The maximum atomic E-state index is 12.1. The predicted octanol–water partition coefficient (Wildman–Crippen LogP) is 3.33. The van der Waals surface area contributed by atoms with E-state index in [2.05, 4.69) is 17.4 Å². The lowest BCUT2D eigenvalue weighted by Crippen LogP contribution is -2.43. The van der Waals surface area contributed by atoms with Crippen LogP contribution >= 0.6 is 0 Å². The average molecular weight is 349 g/mol. The quantitative estimate of drug-likeness (QED) is 0.709. The van der Waals surface area contributed by atoms with E-state index in [0.29, 0.717) is 12.1 Å². The maximum absolute atomic E-state index is 12.1. The van der Waals surface area contributed by atoms with Crippen LogP contribution in [0.4, 0.5) is 0 Å². The van der Waals surface area contributed by atoms with Gasteiger partial charge in [-0.3, -0.25) is 0 Å². The van der Waals surface area contributed by atoms with Crippen molar-refractivity contribution in [2.75, 3.05) is 6.61 Å².